The second-order valence-corrected chi connectivity index (χ2v) is 7.03. The Kier molecular flexibility index (Phi) is 8.08. The summed E-state index contributed by atoms with van der Waals surface area (Å²) in [5, 5.41) is 8.53. The van der Waals surface area contributed by atoms with Gasteiger partial charge in [0.15, 0.2) is 5.96 Å². The van der Waals surface area contributed by atoms with Crippen LogP contribution in [0.4, 0.5) is 0 Å². The van der Waals surface area contributed by atoms with Crippen molar-refractivity contribution in [2.45, 2.75) is 31.6 Å². The monoisotopic (exact) mass is 412 g/mol. The molecule has 0 radical (unpaired) electrons. The van der Waals surface area contributed by atoms with Gasteiger partial charge in [-0.2, -0.15) is 11.8 Å². The summed E-state index contributed by atoms with van der Waals surface area (Å²) in [5.74, 6) is 2.17. The van der Waals surface area contributed by atoms with Gasteiger partial charge in [-0.15, -0.1) is 35.3 Å². The summed E-state index contributed by atoms with van der Waals surface area (Å²) in [4.78, 5) is 9.81. The second kappa shape index (κ2) is 9.02. The molecule has 1 fully saturated rings. The highest BCUT2D eigenvalue weighted by molar-refractivity contribution is 14.0. The number of thiazole rings is 1. The predicted molar refractivity (Wildman–Crippen MR) is 95.9 cm³/mol. The quantitative estimate of drug-likeness (QED) is 0.454. The van der Waals surface area contributed by atoms with Crippen molar-refractivity contribution in [2.24, 2.45) is 4.99 Å². The average molecular weight is 412 g/mol. The molecule has 1 unspecified atom stereocenters. The highest BCUT2D eigenvalue weighted by atomic mass is 127. The van der Waals surface area contributed by atoms with E-state index in [1.165, 1.54) is 23.5 Å². The van der Waals surface area contributed by atoms with E-state index < -0.39 is 0 Å². The molecule has 0 aliphatic carbocycles. The Balaban J connectivity index is 0.00000180. The summed E-state index contributed by atoms with van der Waals surface area (Å²) < 4.78 is 0. The number of thioether (sulfide) groups is 1. The van der Waals surface area contributed by atoms with Crippen LogP contribution in [0.2, 0.25) is 0 Å². The summed E-state index contributed by atoms with van der Waals surface area (Å²) in [6.45, 7) is 3.82. The molecule has 1 aliphatic rings. The van der Waals surface area contributed by atoms with E-state index in [9.17, 15) is 0 Å². The fraction of sp³-hybridized carbons (Fsp3) is 0.667. The summed E-state index contributed by atoms with van der Waals surface area (Å²) in [5.41, 5.74) is 0. The van der Waals surface area contributed by atoms with Crippen molar-refractivity contribution in [2.75, 3.05) is 19.3 Å². The van der Waals surface area contributed by atoms with Gasteiger partial charge >= 0.3 is 0 Å². The molecule has 1 atom stereocenters. The minimum absolute atomic E-state index is 0. The molecule has 1 aliphatic heterocycles. The Morgan fingerprint density at radius 2 is 2.37 bits per heavy atom. The van der Waals surface area contributed by atoms with Crippen LogP contribution in [-0.2, 0) is 6.54 Å². The molecular formula is C12H21IN4S2. The standard InChI is InChI=1S/C12H20N4S2.HI/c1-9-6-14-11(18-9)8-16-12(13-2)15-7-10-4-3-5-17-10;/h6,10H,3-5,7-8H2,1-2H3,(H2,13,15,16);1H. The van der Waals surface area contributed by atoms with Crippen molar-refractivity contribution in [1.29, 1.82) is 0 Å². The molecule has 0 spiro atoms. The van der Waals surface area contributed by atoms with Crippen molar-refractivity contribution in [3.05, 3.63) is 16.1 Å². The van der Waals surface area contributed by atoms with Crippen molar-refractivity contribution >= 4 is 53.0 Å². The van der Waals surface area contributed by atoms with Crippen LogP contribution in [0, 0.1) is 6.92 Å². The largest absolute Gasteiger partial charge is 0.355 e. The molecule has 19 heavy (non-hydrogen) atoms. The first-order valence-electron chi connectivity index (χ1n) is 6.25. The maximum atomic E-state index is 4.33. The first kappa shape index (κ1) is 17.0. The normalized spacial score (nSPS) is 19.1. The van der Waals surface area contributed by atoms with Crippen LogP contribution >= 0.6 is 47.1 Å². The predicted octanol–water partition coefficient (Wildman–Crippen LogP) is 2.63. The lowest BCUT2D eigenvalue weighted by Crippen LogP contribution is -2.39. The highest BCUT2D eigenvalue weighted by Gasteiger charge is 2.15. The van der Waals surface area contributed by atoms with Gasteiger partial charge in [0.2, 0.25) is 0 Å². The van der Waals surface area contributed by atoms with E-state index in [0.717, 1.165) is 29.3 Å². The van der Waals surface area contributed by atoms with Gasteiger partial charge in [0.25, 0.3) is 0 Å². The van der Waals surface area contributed by atoms with E-state index in [-0.39, 0.29) is 24.0 Å². The lowest BCUT2D eigenvalue weighted by atomic mass is 10.2. The maximum Gasteiger partial charge on any atom is 0.191 e. The second-order valence-electron chi connectivity index (χ2n) is 4.31. The van der Waals surface area contributed by atoms with Crippen molar-refractivity contribution in [1.82, 2.24) is 15.6 Å². The molecular weight excluding hydrogens is 391 g/mol. The molecule has 4 nitrogen and oxygen atoms in total. The van der Waals surface area contributed by atoms with Crippen molar-refractivity contribution in [3.63, 3.8) is 0 Å². The minimum Gasteiger partial charge on any atom is -0.355 e. The number of nitrogens with zero attached hydrogens (tertiary/aromatic N) is 2. The maximum absolute atomic E-state index is 4.33. The van der Waals surface area contributed by atoms with Gasteiger partial charge < -0.3 is 10.6 Å². The van der Waals surface area contributed by atoms with Crippen LogP contribution in [0.25, 0.3) is 0 Å². The number of halogens is 1. The Hall–Kier alpha value is -0.0200. The van der Waals surface area contributed by atoms with Gasteiger partial charge in [0, 0.05) is 29.9 Å². The minimum atomic E-state index is 0. The van der Waals surface area contributed by atoms with E-state index >= 15 is 0 Å². The number of hydrogen-bond acceptors (Lipinski definition) is 4. The van der Waals surface area contributed by atoms with E-state index in [4.69, 9.17) is 0 Å². The molecule has 0 amide bonds. The third-order valence-corrected chi connectivity index (χ3v) is 5.13. The van der Waals surface area contributed by atoms with E-state index in [2.05, 4.69) is 39.3 Å². The Morgan fingerprint density at radius 3 is 2.95 bits per heavy atom. The van der Waals surface area contributed by atoms with E-state index in [1.807, 2.05) is 13.2 Å². The zero-order valence-electron chi connectivity index (χ0n) is 11.3. The lowest BCUT2D eigenvalue weighted by molar-refractivity contribution is 0.725. The Morgan fingerprint density at radius 1 is 1.53 bits per heavy atom. The van der Waals surface area contributed by atoms with Gasteiger partial charge in [0.1, 0.15) is 5.01 Å². The lowest BCUT2D eigenvalue weighted by Gasteiger charge is -2.14. The molecule has 7 heteroatoms. The van der Waals surface area contributed by atoms with Crippen LogP contribution in [0.3, 0.4) is 0 Å². The van der Waals surface area contributed by atoms with Crippen LogP contribution in [0.5, 0.6) is 0 Å². The summed E-state index contributed by atoms with van der Waals surface area (Å²) in [6, 6.07) is 0. The summed E-state index contributed by atoms with van der Waals surface area (Å²) in [6.07, 6.45) is 4.58. The SMILES string of the molecule is CN=C(NCc1ncc(C)s1)NCC1CCCS1.I. The summed E-state index contributed by atoms with van der Waals surface area (Å²) >= 11 is 3.78. The number of aliphatic imine (C=N–C) groups is 1. The molecule has 0 bridgehead atoms. The highest BCUT2D eigenvalue weighted by Crippen LogP contribution is 2.25. The first-order valence-corrected chi connectivity index (χ1v) is 8.12. The van der Waals surface area contributed by atoms with Crippen molar-refractivity contribution < 1.29 is 0 Å². The molecule has 0 saturated carbocycles. The smallest absolute Gasteiger partial charge is 0.191 e. The van der Waals surface area contributed by atoms with Crippen LogP contribution in [0.15, 0.2) is 11.2 Å². The van der Waals surface area contributed by atoms with Crippen molar-refractivity contribution in [3.8, 4) is 0 Å². The number of guanidine groups is 1. The molecule has 2 rings (SSSR count). The fourth-order valence-corrected chi connectivity index (χ4v) is 3.81. The van der Waals surface area contributed by atoms with Gasteiger partial charge in [-0.1, -0.05) is 0 Å². The number of aromatic nitrogens is 1. The van der Waals surface area contributed by atoms with Gasteiger partial charge in [0.05, 0.1) is 6.54 Å². The number of hydrogen-bond donors (Lipinski definition) is 2. The molecule has 2 N–H and O–H groups in total. The Labute approximate surface area is 140 Å². The zero-order chi connectivity index (χ0) is 12.8. The number of nitrogens with one attached hydrogen (secondary N) is 2. The average Bonchev–Trinajstić information content (AvgIpc) is 3.01. The van der Waals surface area contributed by atoms with Crippen LogP contribution in [-0.4, -0.2) is 35.5 Å². The fourth-order valence-electron chi connectivity index (χ4n) is 1.88. The molecule has 2 heterocycles. The number of rotatable bonds is 4. The van der Waals surface area contributed by atoms with Crippen LogP contribution in [0.1, 0.15) is 22.7 Å². The zero-order valence-corrected chi connectivity index (χ0v) is 15.3. The van der Waals surface area contributed by atoms with Gasteiger partial charge in [-0.25, -0.2) is 4.98 Å². The van der Waals surface area contributed by atoms with E-state index in [0.29, 0.717) is 0 Å². The Bertz CT molecular complexity index is 402. The third-order valence-electron chi connectivity index (χ3n) is 2.82. The van der Waals surface area contributed by atoms with Gasteiger partial charge in [-0.05, 0) is 25.5 Å². The van der Waals surface area contributed by atoms with E-state index in [1.54, 1.807) is 11.3 Å². The molecule has 1 saturated heterocycles. The topological polar surface area (TPSA) is 49.3 Å². The molecule has 1 aromatic heterocycles. The molecule has 0 aromatic carbocycles. The molecule has 1 aromatic rings. The van der Waals surface area contributed by atoms with Gasteiger partial charge in [-0.3, -0.25) is 4.99 Å². The third kappa shape index (κ3) is 5.86. The number of aryl methyl sites for hydroxylation is 1. The summed E-state index contributed by atoms with van der Waals surface area (Å²) in [7, 11) is 1.81. The molecule has 108 valence electrons. The first-order chi connectivity index (χ1) is 8.78. The van der Waals surface area contributed by atoms with Crippen LogP contribution < -0.4 is 10.6 Å².